The number of amides is 1. The third-order valence-corrected chi connectivity index (χ3v) is 5.27. The van der Waals surface area contributed by atoms with Gasteiger partial charge in [-0.3, -0.25) is 4.79 Å². The average Bonchev–Trinajstić information content (AvgIpc) is 2.77. The average molecular weight is 414 g/mol. The fourth-order valence-corrected chi connectivity index (χ4v) is 3.53. The minimum Gasteiger partial charge on any atom is -0.378 e. The van der Waals surface area contributed by atoms with Crippen molar-refractivity contribution in [1.82, 2.24) is 5.32 Å². The van der Waals surface area contributed by atoms with Gasteiger partial charge in [0.25, 0.3) is 0 Å². The van der Waals surface area contributed by atoms with Crippen LogP contribution in [0, 0.1) is 0 Å². The topological polar surface area (TPSA) is 35.6 Å². The predicted molar refractivity (Wildman–Crippen MR) is 132 cm³/mol. The van der Waals surface area contributed by atoms with Crippen LogP contribution < -0.4 is 15.1 Å². The Kier molecular flexibility index (Phi) is 7.14. The smallest absolute Gasteiger partial charge is 0.221 e. The number of benzene rings is 3. The number of carbonyl (C=O) groups excluding carboxylic acids is 1. The molecule has 0 unspecified atom stereocenters. The quantitative estimate of drug-likeness (QED) is 0.583. The molecule has 3 aromatic carbocycles. The second kappa shape index (κ2) is 9.98. The highest BCUT2D eigenvalue weighted by Gasteiger charge is 2.15. The summed E-state index contributed by atoms with van der Waals surface area (Å²) in [6.07, 6.45) is 2.14. The SMILES string of the molecule is CC(=O)N/C(=C\C(c1ccc(N(C)C)cc1)c1ccc(N(C)C)cc1)c1ccccc1. The van der Waals surface area contributed by atoms with Crippen molar-refractivity contribution in [3.05, 3.63) is 102 Å². The maximum atomic E-state index is 12.0. The largest absolute Gasteiger partial charge is 0.378 e. The third-order valence-electron chi connectivity index (χ3n) is 5.27. The molecule has 4 heteroatoms. The van der Waals surface area contributed by atoms with Gasteiger partial charge in [0.2, 0.25) is 5.91 Å². The van der Waals surface area contributed by atoms with Crippen molar-refractivity contribution < 1.29 is 4.79 Å². The highest BCUT2D eigenvalue weighted by molar-refractivity contribution is 5.85. The lowest BCUT2D eigenvalue weighted by Crippen LogP contribution is -2.19. The Hall–Kier alpha value is -3.53. The predicted octanol–water partition coefficient (Wildman–Crippen LogP) is 5.13. The first kappa shape index (κ1) is 22.2. The normalized spacial score (nSPS) is 11.4. The molecule has 4 nitrogen and oxygen atoms in total. The number of nitrogens with one attached hydrogen (secondary N) is 1. The van der Waals surface area contributed by atoms with Crippen LogP contribution in [0.1, 0.15) is 29.5 Å². The van der Waals surface area contributed by atoms with Crippen LogP contribution in [-0.4, -0.2) is 34.1 Å². The molecular formula is C27H31N3O. The number of carbonyl (C=O) groups is 1. The summed E-state index contributed by atoms with van der Waals surface area (Å²) in [5.41, 5.74) is 6.44. The summed E-state index contributed by atoms with van der Waals surface area (Å²) in [4.78, 5) is 16.1. The van der Waals surface area contributed by atoms with Crippen LogP contribution in [-0.2, 0) is 4.79 Å². The lowest BCUT2D eigenvalue weighted by molar-refractivity contribution is -0.117. The fourth-order valence-electron chi connectivity index (χ4n) is 3.53. The maximum Gasteiger partial charge on any atom is 0.221 e. The Morgan fingerprint density at radius 2 is 1.19 bits per heavy atom. The maximum absolute atomic E-state index is 12.0. The second-order valence-corrected chi connectivity index (χ2v) is 8.08. The van der Waals surface area contributed by atoms with Crippen molar-refractivity contribution in [2.75, 3.05) is 38.0 Å². The minimum absolute atomic E-state index is 0.00511. The molecular weight excluding hydrogens is 382 g/mol. The molecule has 160 valence electrons. The van der Waals surface area contributed by atoms with Gasteiger partial charge in [-0.1, -0.05) is 54.6 Å². The molecule has 0 aromatic heterocycles. The Labute approximate surface area is 185 Å². The molecule has 0 aliphatic heterocycles. The van der Waals surface area contributed by atoms with Gasteiger partial charge in [0.05, 0.1) is 0 Å². The van der Waals surface area contributed by atoms with Crippen molar-refractivity contribution in [2.24, 2.45) is 0 Å². The molecule has 0 atom stereocenters. The minimum atomic E-state index is -0.0836. The van der Waals surface area contributed by atoms with E-state index in [-0.39, 0.29) is 11.8 Å². The summed E-state index contributed by atoms with van der Waals surface area (Å²) in [6, 6.07) is 27.1. The van der Waals surface area contributed by atoms with Gasteiger partial charge in [-0.05, 0) is 47.0 Å². The molecule has 0 fully saturated rings. The van der Waals surface area contributed by atoms with E-state index in [9.17, 15) is 4.79 Å². The first-order valence-corrected chi connectivity index (χ1v) is 10.4. The molecule has 1 amide bonds. The summed E-state index contributed by atoms with van der Waals surface area (Å²) in [7, 11) is 8.15. The molecule has 3 aromatic rings. The Morgan fingerprint density at radius 1 is 0.742 bits per heavy atom. The Balaban J connectivity index is 2.11. The van der Waals surface area contributed by atoms with Gasteiger partial charge in [0, 0.05) is 58.1 Å². The third kappa shape index (κ3) is 5.76. The van der Waals surface area contributed by atoms with E-state index in [4.69, 9.17) is 0 Å². The summed E-state index contributed by atoms with van der Waals surface area (Å²) in [5, 5.41) is 3.03. The van der Waals surface area contributed by atoms with Crippen molar-refractivity contribution in [2.45, 2.75) is 12.8 Å². The highest BCUT2D eigenvalue weighted by Crippen LogP contribution is 2.31. The van der Waals surface area contributed by atoms with Crippen LogP contribution in [0.5, 0.6) is 0 Å². The zero-order chi connectivity index (χ0) is 22.4. The monoisotopic (exact) mass is 413 g/mol. The molecule has 0 saturated carbocycles. The van der Waals surface area contributed by atoms with Crippen LogP contribution in [0.3, 0.4) is 0 Å². The summed E-state index contributed by atoms with van der Waals surface area (Å²) in [6.45, 7) is 1.55. The number of allylic oxidation sites excluding steroid dienone is 1. The number of rotatable bonds is 7. The van der Waals surface area contributed by atoms with Crippen molar-refractivity contribution >= 4 is 23.0 Å². The van der Waals surface area contributed by atoms with Gasteiger partial charge < -0.3 is 15.1 Å². The van der Waals surface area contributed by atoms with Crippen LogP contribution in [0.4, 0.5) is 11.4 Å². The van der Waals surface area contributed by atoms with E-state index in [0.29, 0.717) is 0 Å². The van der Waals surface area contributed by atoms with Gasteiger partial charge in [-0.15, -0.1) is 0 Å². The summed E-state index contributed by atoms with van der Waals surface area (Å²) in [5.74, 6) is -0.0887. The second-order valence-electron chi connectivity index (χ2n) is 8.08. The van der Waals surface area contributed by atoms with Crippen LogP contribution >= 0.6 is 0 Å². The van der Waals surface area contributed by atoms with Crippen molar-refractivity contribution in [1.29, 1.82) is 0 Å². The van der Waals surface area contributed by atoms with E-state index in [1.807, 2.05) is 58.5 Å². The zero-order valence-electron chi connectivity index (χ0n) is 19.0. The van der Waals surface area contributed by atoms with E-state index >= 15 is 0 Å². The van der Waals surface area contributed by atoms with Gasteiger partial charge >= 0.3 is 0 Å². The number of hydrogen-bond donors (Lipinski definition) is 1. The molecule has 0 saturated heterocycles. The molecule has 3 rings (SSSR count). The highest BCUT2D eigenvalue weighted by atomic mass is 16.1. The Bertz CT molecular complexity index is 969. The summed E-state index contributed by atoms with van der Waals surface area (Å²) >= 11 is 0. The van der Waals surface area contributed by atoms with Gasteiger partial charge in [0.15, 0.2) is 0 Å². The van der Waals surface area contributed by atoms with E-state index < -0.39 is 0 Å². The van der Waals surface area contributed by atoms with Gasteiger partial charge in [0.1, 0.15) is 0 Å². The van der Waals surface area contributed by atoms with E-state index in [1.54, 1.807) is 6.92 Å². The van der Waals surface area contributed by atoms with E-state index in [1.165, 1.54) is 11.1 Å². The molecule has 1 N–H and O–H groups in total. The molecule has 0 spiro atoms. The Morgan fingerprint density at radius 3 is 1.58 bits per heavy atom. The van der Waals surface area contributed by atoms with Crippen molar-refractivity contribution in [3.63, 3.8) is 0 Å². The summed E-state index contributed by atoms with van der Waals surface area (Å²) < 4.78 is 0. The lowest BCUT2D eigenvalue weighted by atomic mass is 9.89. The number of nitrogens with zero attached hydrogens (tertiary/aromatic N) is 2. The fraction of sp³-hybridized carbons (Fsp3) is 0.222. The van der Waals surface area contributed by atoms with Gasteiger partial charge in [-0.2, -0.15) is 0 Å². The van der Waals surface area contributed by atoms with Crippen molar-refractivity contribution in [3.8, 4) is 0 Å². The first-order chi connectivity index (χ1) is 14.8. The molecule has 0 bridgehead atoms. The first-order valence-electron chi connectivity index (χ1n) is 10.4. The molecule has 0 aliphatic carbocycles. The standard InChI is InChI=1S/C27H31N3O/c1-20(31)28-27(23-9-7-6-8-10-23)19-26(21-11-15-24(16-12-21)29(2)3)22-13-17-25(18-14-22)30(4)5/h6-19,26H,1-5H3,(H,28,31)/b27-19-. The number of anilines is 2. The van der Waals surface area contributed by atoms with Crippen LogP contribution in [0.25, 0.3) is 5.70 Å². The van der Waals surface area contributed by atoms with E-state index in [0.717, 1.165) is 22.6 Å². The number of hydrogen-bond acceptors (Lipinski definition) is 3. The van der Waals surface area contributed by atoms with E-state index in [2.05, 4.69) is 69.7 Å². The zero-order valence-corrected chi connectivity index (χ0v) is 19.0. The van der Waals surface area contributed by atoms with Crippen LogP contribution in [0.15, 0.2) is 84.9 Å². The van der Waals surface area contributed by atoms with Crippen LogP contribution in [0.2, 0.25) is 0 Å². The van der Waals surface area contributed by atoms with Gasteiger partial charge in [-0.25, -0.2) is 0 Å². The molecule has 0 aliphatic rings. The molecule has 31 heavy (non-hydrogen) atoms. The lowest BCUT2D eigenvalue weighted by Gasteiger charge is -2.20. The molecule has 0 radical (unpaired) electrons. The molecule has 0 heterocycles.